The molecule has 3 heterocycles. The molecule has 8 nitrogen and oxygen atoms in total. The van der Waals surface area contributed by atoms with Crippen LogP contribution in [-0.2, 0) is 21.2 Å². The monoisotopic (exact) mass is 389 g/mol. The first-order valence-corrected chi connectivity index (χ1v) is 10.3. The summed E-state index contributed by atoms with van der Waals surface area (Å²) in [5, 5.41) is 10.1. The number of aromatic amines is 1. The lowest BCUT2D eigenvalue weighted by Crippen LogP contribution is -2.45. The zero-order valence-corrected chi connectivity index (χ0v) is 16.2. The predicted octanol–water partition coefficient (Wildman–Crippen LogP) is -0.353. The number of amides is 1. The molecule has 2 saturated heterocycles. The molecule has 1 aromatic rings. The molecule has 0 unspecified atom stereocenters. The Morgan fingerprint density at radius 2 is 2.16 bits per heavy atom. The van der Waals surface area contributed by atoms with Crippen molar-refractivity contribution >= 4 is 27.3 Å². The number of likely N-dealkylation sites (N-methyl/N-ethyl adjacent to an activating group) is 1. The van der Waals surface area contributed by atoms with Gasteiger partial charge in [0.1, 0.15) is 0 Å². The number of carbonyl (C=O) groups is 1. The van der Waals surface area contributed by atoms with E-state index in [0.717, 1.165) is 11.4 Å². The Balaban J connectivity index is 1.69. The third-order valence-electron chi connectivity index (χ3n) is 4.90. The van der Waals surface area contributed by atoms with Crippen molar-refractivity contribution in [3.05, 3.63) is 16.4 Å². The molecule has 3 rings (SSSR count). The van der Waals surface area contributed by atoms with Crippen molar-refractivity contribution in [2.45, 2.75) is 24.8 Å². The molecule has 0 aromatic carbocycles. The maximum absolute atomic E-state index is 12.5. The van der Waals surface area contributed by atoms with Crippen molar-refractivity contribution in [1.82, 2.24) is 25.3 Å². The molecule has 2 aliphatic heterocycles. The van der Waals surface area contributed by atoms with E-state index in [-0.39, 0.29) is 30.2 Å². The molecular weight excluding hydrogens is 366 g/mol. The number of fused-ring (bicyclic) bond motifs is 1. The first-order chi connectivity index (χ1) is 11.7. The number of aromatic nitrogens is 2. The van der Waals surface area contributed by atoms with Gasteiger partial charge in [-0.1, -0.05) is 11.6 Å². The first kappa shape index (κ1) is 18.6. The van der Waals surface area contributed by atoms with Gasteiger partial charge in [-0.25, -0.2) is 8.42 Å². The van der Waals surface area contributed by atoms with E-state index in [9.17, 15) is 13.2 Å². The number of rotatable bonds is 5. The highest BCUT2D eigenvalue weighted by Crippen LogP contribution is 2.35. The quantitative estimate of drug-likeness (QED) is 0.714. The van der Waals surface area contributed by atoms with Crippen molar-refractivity contribution in [3.8, 4) is 0 Å². The van der Waals surface area contributed by atoms with E-state index in [1.165, 1.54) is 0 Å². The van der Waals surface area contributed by atoms with Gasteiger partial charge in [0.15, 0.2) is 9.84 Å². The number of nitrogens with one attached hydrogen (secondary N) is 2. The van der Waals surface area contributed by atoms with Gasteiger partial charge < -0.3 is 10.2 Å². The van der Waals surface area contributed by atoms with Crippen LogP contribution in [0.1, 0.15) is 11.4 Å². The fourth-order valence-electron chi connectivity index (χ4n) is 3.74. The van der Waals surface area contributed by atoms with Crippen LogP contribution in [0.4, 0.5) is 0 Å². The Bertz CT molecular complexity index is 763. The highest BCUT2D eigenvalue weighted by molar-refractivity contribution is 7.92. The summed E-state index contributed by atoms with van der Waals surface area (Å²) < 4.78 is 25.0. The SMILES string of the molecule is Cc1[nH]nc(CN2C[C@H]3[C@H](NC(=O)CN(C)C)CS(=O)(=O)[C@H]3C2)c1Cl. The van der Waals surface area contributed by atoms with E-state index in [1.807, 2.05) is 6.92 Å². The summed E-state index contributed by atoms with van der Waals surface area (Å²) in [5.74, 6) is -0.206. The number of nitrogens with zero attached hydrogens (tertiary/aromatic N) is 3. The lowest BCUT2D eigenvalue weighted by atomic mass is 10.0. The van der Waals surface area contributed by atoms with Gasteiger partial charge >= 0.3 is 0 Å². The summed E-state index contributed by atoms with van der Waals surface area (Å²) in [6.07, 6.45) is 0. The van der Waals surface area contributed by atoms with E-state index < -0.39 is 15.1 Å². The Morgan fingerprint density at radius 1 is 1.44 bits per heavy atom. The maximum atomic E-state index is 12.5. The average molecular weight is 390 g/mol. The minimum absolute atomic E-state index is 0.0254. The fraction of sp³-hybridized carbons (Fsp3) is 0.733. The second kappa shape index (κ2) is 6.86. The van der Waals surface area contributed by atoms with Gasteiger partial charge in [0.2, 0.25) is 5.91 Å². The normalized spacial score (nSPS) is 28.4. The zero-order chi connectivity index (χ0) is 18.4. The molecule has 0 aliphatic carbocycles. The van der Waals surface area contributed by atoms with E-state index in [4.69, 9.17) is 11.6 Å². The molecule has 10 heteroatoms. The van der Waals surface area contributed by atoms with Crippen molar-refractivity contribution in [2.24, 2.45) is 5.92 Å². The Labute approximate surface area is 152 Å². The molecule has 2 fully saturated rings. The number of hydrogen-bond donors (Lipinski definition) is 2. The van der Waals surface area contributed by atoms with Crippen LogP contribution >= 0.6 is 11.6 Å². The molecule has 2 aliphatic rings. The molecule has 0 saturated carbocycles. The molecule has 2 N–H and O–H groups in total. The second-order valence-electron chi connectivity index (χ2n) is 7.25. The summed E-state index contributed by atoms with van der Waals surface area (Å²) in [5.41, 5.74) is 1.53. The standard InChI is InChI=1S/C15H24ClN5O3S/c1-9-15(16)11(19-18-9)5-21-4-10-12(17-14(22)7-20(2)3)8-25(23,24)13(10)6-21/h10,12-13H,4-8H2,1-3H3,(H,17,22)(H,18,19)/t10-,12+,13-/m0/s1. The van der Waals surface area contributed by atoms with Crippen LogP contribution in [-0.4, -0.2) is 85.1 Å². The predicted molar refractivity (Wildman–Crippen MR) is 95.2 cm³/mol. The Morgan fingerprint density at radius 3 is 2.76 bits per heavy atom. The number of carbonyl (C=O) groups excluding carboxylic acids is 1. The van der Waals surface area contributed by atoms with Crippen LogP contribution in [0.25, 0.3) is 0 Å². The van der Waals surface area contributed by atoms with Gasteiger partial charge in [-0.05, 0) is 21.0 Å². The first-order valence-electron chi connectivity index (χ1n) is 8.24. The maximum Gasteiger partial charge on any atom is 0.234 e. The van der Waals surface area contributed by atoms with Gasteiger partial charge in [-0.15, -0.1) is 0 Å². The van der Waals surface area contributed by atoms with E-state index in [0.29, 0.717) is 24.7 Å². The van der Waals surface area contributed by atoms with Gasteiger partial charge in [0.05, 0.1) is 34.0 Å². The van der Waals surface area contributed by atoms with Gasteiger partial charge in [0.25, 0.3) is 0 Å². The number of likely N-dealkylation sites (tertiary alicyclic amines) is 1. The molecule has 3 atom stereocenters. The molecule has 0 spiro atoms. The topological polar surface area (TPSA) is 98.4 Å². The van der Waals surface area contributed by atoms with Gasteiger partial charge in [0, 0.05) is 31.6 Å². The van der Waals surface area contributed by atoms with Crippen LogP contribution in [0.5, 0.6) is 0 Å². The lowest BCUT2D eigenvalue weighted by Gasteiger charge is -2.21. The molecule has 0 bridgehead atoms. The van der Waals surface area contributed by atoms with Crippen LogP contribution in [0.15, 0.2) is 0 Å². The van der Waals surface area contributed by atoms with Gasteiger partial charge in [-0.3, -0.25) is 14.8 Å². The Kier molecular flexibility index (Phi) is 5.11. The molecule has 0 radical (unpaired) electrons. The minimum atomic E-state index is -3.21. The fourth-order valence-corrected chi connectivity index (χ4v) is 6.21. The largest absolute Gasteiger partial charge is 0.351 e. The highest BCUT2D eigenvalue weighted by atomic mass is 35.5. The van der Waals surface area contributed by atoms with E-state index >= 15 is 0 Å². The number of halogens is 1. The highest BCUT2D eigenvalue weighted by Gasteiger charge is 2.52. The number of aryl methyl sites for hydroxylation is 1. The smallest absolute Gasteiger partial charge is 0.234 e. The summed E-state index contributed by atoms with van der Waals surface area (Å²) in [6.45, 7) is 3.66. The summed E-state index contributed by atoms with van der Waals surface area (Å²) in [4.78, 5) is 15.9. The van der Waals surface area contributed by atoms with Crippen molar-refractivity contribution in [1.29, 1.82) is 0 Å². The third kappa shape index (κ3) is 3.84. The Hall–Kier alpha value is -1.16. The number of H-pyrrole nitrogens is 1. The summed E-state index contributed by atoms with van der Waals surface area (Å²) in [7, 11) is 0.404. The van der Waals surface area contributed by atoms with Crippen LogP contribution in [0.3, 0.4) is 0 Å². The van der Waals surface area contributed by atoms with Crippen LogP contribution in [0, 0.1) is 12.8 Å². The molecule has 25 heavy (non-hydrogen) atoms. The van der Waals surface area contributed by atoms with E-state index in [2.05, 4.69) is 20.4 Å². The van der Waals surface area contributed by atoms with Crippen LogP contribution in [0.2, 0.25) is 5.02 Å². The lowest BCUT2D eigenvalue weighted by molar-refractivity contribution is -0.122. The van der Waals surface area contributed by atoms with Crippen molar-refractivity contribution in [3.63, 3.8) is 0 Å². The second-order valence-corrected chi connectivity index (χ2v) is 9.89. The van der Waals surface area contributed by atoms with Crippen molar-refractivity contribution in [2.75, 3.05) is 39.5 Å². The molecule has 1 amide bonds. The summed E-state index contributed by atoms with van der Waals surface area (Å²) in [6, 6.07) is -0.330. The third-order valence-corrected chi connectivity index (χ3v) is 7.64. The zero-order valence-electron chi connectivity index (χ0n) is 14.6. The van der Waals surface area contributed by atoms with Gasteiger partial charge in [-0.2, -0.15) is 5.10 Å². The number of sulfone groups is 1. The number of hydrogen-bond acceptors (Lipinski definition) is 6. The van der Waals surface area contributed by atoms with Crippen LogP contribution < -0.4 is 5.32 Å². The summed E-state index contributed by atoms with van der Waals surface area (Å²) >= 11 is 6.21. The average Bonchev–Trinajstić information content (AvgIpc) is 3.11. The molecular formula is C15H24ClN5O3S. The van der Waals surface area contributed by atoms with Crippen molar-refractivity contribution < 1.29 is 13.2 Å². The van der Waals surface area contributed by atoms with E-state index in [1.54, 1.807) is 19.0 Å². The molecule has 140 valence electrons. The minimum Gasteiger partial charge on any atom is -0.351 e. The molecule has 1 aromatic heterocycles.